The third-order valence-corrected chi connectivity index (χ3v) is 6.50. The van der Waals surface area contributed by atoms with Gasteiger partial charge in [-0.05, 0) is 61.2 Å². The fourth-order valence-corrected chi connectivity index (χ4v) is 4.45. The van der Waals surface area contributed by atoms with Crippen molar-refractivity contribution < 1.29 is 24.1 Å². The Labute approximate surface area is 213 Å². The number of aryl methyl sites for hydroxylation is 2. The molecule has 36 heavy (non-hydrogen) atoms. The predicted molar refractivity (Wildman–Crippen MR) is 138 cm³/mol. The summed E-state index contributed by atoms with van der Waals surface area (Å²) in [6, 6.07) is 10.1. The average molecular weight is 496 g/mol. The number of aromatic nitrogens is 2. The number of nitrogens with zero attached hydrogens (tertiary/aromatic N) is 3. The molecule has 2 aromatic carbocycles. The maximum absolute atomic E-state index is 11.4. The molecule has 8 nitrogen and oxygen atoms in total. The van der Waals surface area contributed by atoms with Crippen LogP contribution in [0.15, 0.2) is 49.1 Å². The predicted octanol–water partition coefficient (Wildman–Crippen LogP) is 3.54. The molecule has 4 rings (SSSR count). The molecule has 1 N–H and O–H groups in total. The van der Waals surface area contributed by atoms with Gasteiger partial charge in [-0.1, -0.05) is 12.1 Å². The van der Waals surface area contributed by atoms with E-state index >= 15 is 0 Å². The lowest BCUT2D eigenvalue weighted by atomic mass is 10.0. The number of β-amino-alcohol motifs (C(OH)–C–C–N with tert-alkyl or cyclic N) is 1. The Hall–Kier alpha value is -3.07. The van der Waals surface area contributed by atoms with Crippen LogP contribution in [0.4, 0.5) is 0 Å². The van der Waals surface area contributed by atoms with Crippen LogP contribution in [0.2, 0.25) is 0 Å². The molecule has 0 aliphatic carbocycles. The topological polar surface area (TPSA) is 78.2 Å². The van der Waals surface area contributed by atoms with E-state index in [1.165, 1.54) is 5.56 Å². The molecule has 1 atom stereocenters. The summed E-state index contributed by atoms with van der Waals surface area (Å²) in [6.45, 7) is 10.1. The summed E-state index contributed by atoms with van der Waals surface area (Å²) in [4.78, 5) is 6.26. The zero-order valence-electron chi connectivity index (χ0n) is 21.7. The van der Waals surface area contributed by atoms with E-state index in [0.717, 1.165) is 22.4 Å². The largest absolute Gasteiger partial charge is 0.493 e. The normalized spacial score (nSPS) is 18.6. The van der Waals surface area contributed by atoms with Crippen molar-refractivity contribution in [2.24, 2.45) is 0 Å². The summed E-state index contributed by atoms with van der Waals surface area (Å²) in [6.07, 6.45) is 5.43. The standard InChI is InChI=1S/C28H37N3O5/c1-21-13-22(2)23(3)26(14-21)36-19-28(32)17-31(9-11-34-18-28)16-24-5-6-25(33-4)27(15-24)35-12-10-30-8-7-29-20-30/h5-8,13-15,20,32H,9-12,16-19H2,1-4H3/t28-/m1/s1. The van der Waals surface area contributed by atoms with Crippen LogP contribution in [0.1, 0.15) is 22.3 Å². The van der Waals surface area contributed by atoms with Crippen molar-refractivity contribution in [2.75, 3.05) is 46.6 Å². The van der Waals surface area contributed by atoms with Crippen LogP contribution >= 0.6 is 0 Å². The van der Waals surface area contributed by atoms with Crippen molar-refractivity contribution in [3.63, 3.8) is 0 Å². The first-order chi connectivity index (χ1) is 17.3. The van der Waals surface area contributed by atoms with Crippen LogP contribution in [-0.2, 0) is 17.8 Å². The minimum Gasteiger partial charge on any atom is -0.493 e. The first-order valence-corrected chi connectivity index (χ1v) is 12.3. The molecule has 2 heterocycles. The number of aliphatic hydroxyl groups is 1. The number of benzene rings is 2. The van der Waals surface area contributed by atoms with Crippen molar-refractivity contribution in [3.8, 4) is 17.2 Å². The second-order valence-corrected chi connectivity index (χ2v) is 9.62. The lowest BCUT2D eigenvalue weighted by Gasteiger charge is -2.31. The molecule has 8 heteroatoms. The average Bonchev–Trinajstić information content (AvgIpc) is 3.30. The van der Waals surface area contributed by atoms with Gasteiger partial charge in [-0.25, -0.2) is 4.98 Å². The maximum Gasteiger partial charge on any atom is 0.161 e. The lowest BCUT2D eigenvalue weighted by molar-refractivity contribution is -0.0648. The Kier molecular flexibility index (Phi) is 8.51. The molecule has 0 bridgehead atoms. The smallest absolute Gasteiger partial charge is 0.161 e. The van der Waals surface area contributed by atoms with Crippen LogP contribution in [0.25, 0.3) is 0 Å². The van der Waals surface area contributed by atoms with E-state index < -0.39 is 5.60 Å². The molecule has 194 valence electrons. The Morgan fingerprint density at radius 1 is 1.08 bits per heavy atom. The summed E-state index contributed by atoms with van der Waals surface area (Å²) >= 11 is 0. The van der Waals surface area contributed by atoms with Gasteiger partial charge in [0.2, 0.25) is 0 Å². The Morgan fingerprint density at radius 2 is 1.94 bits per heavy atom. The highest BCUT2D eigenvalue weighted by molar-refractivity contribution is 5.43. The van der Waals surface area contributed by atoms with Crippen LogP contribution in [0.5, 0.6) is 17.2 Å². The third kappa shape index (κ3) is 6.78. The number of hydrogen-bond donors (Lipinski definition) is 1. The van der Waals surface area contributed by atoms with E-state index in [1.54, 1.807) is 19.6 Å². The quantitative estimate of drug-likeness (QED) is 0.461. The summed E-state index contributed by atoms with van der Waals surface area (Å²) < 4.78 is 25.4. The summed E-state index contributed by atoms with van der Waals surface area (Å²) in [7, 11) is 1.64. The van der Waals surface area contributed by atoms with Crippen molar-refractivity contribution >= 4 is 0 Å². The van der Waals surface area contributed by atoms with Gasteiger partial charge < -0.3 is 28.6 Å². The monoisotopic (exact) mass is 495 g/mol. The van der Waals surface area contributed by atoms with Crippen LogP contribution in [0, 0.1) is 20.8 Å². The van der Waals surface area contributed by atoms with Gasteiger partial charge in [-0.2, -0.15) is 0 Å². The van der Waals surface area contributed by atoms with Gasteiger partial charge in [-0.3, -0.25) is 4.90 Å². The number of imidazole rings is 1. The Bertz CT molecular complexity index is 1130. The SMILES string of the molecule is COc1ccc(CN2CCOC[C@@](O)(COc3cc(C)cc(C)c3C)C2)cc1OCCn1ccnc1. The molecule has 0 spiro atoms. The second-order valence-electron chi connectivity index (χ2n) is 9.62. The molecule has 1 aliphatic rings. The van der Waals surface area contributed by atoms with E-state index in [0.29, 0.717) is 50.9 Å². The number of methoxy groups -OCH3 is 1. The minimum atomic E-state index is -1.11. The van der Waals surface area contributed by atoms with Crippen molar-refractivity contribution in [2.45, 2.75) is 39.5 Å². The first kappa shape index (κ1) is 26.0. The summed E-state index contributed by atoms with van der Waals surface area (Å²) in [5, 5.41) is 11.4. The first-order valence-electron chi connectivity index (χ1n) is 12.3. The fraction of sp³-hybridized carbons (Fsp3) is 0.464. The summed E-state index contributed by atoms with van der Waals surface area (Å²) in [5.74, 6) is 2.20. The van der Waals surface area contributed by atoms with Crippen LogP contribution in [0.3, 0.4) is 0 Å². The molecule has 1 aromatic heterocycles. The molecule has 3 aromatic rings. The molecule has 0 saturated carbocycles. The van der Waals surface area contributed by atoms with Crippen molar-refractivity contribution in [3.05, 3.63) is 71.3 Å². The highest BCUT2D eigenvalue weighted by Gasteiger charge is 2.34. The Balaban J connectivity index is 1.40. The van der Waals surface area contributed by atoms with Gasteiger partial charge in [0, 0.05) is 32.0 Å². The van der Waals surface area contributed by atoms with Gasteiger partial charge in [-0.15, -0.1) is 0 Å². The van der Waals surface area contributed by atoms with Gasteiger partial charge in [0.05, 0.1) is 33.2 Å². The van der Waals surface area contributed by atoms with E-state index in [1.807, 2.05) is 42.0 Å². The molecule has 1 fully saturated rings. The molecular formula is C28H37N3O5. The fourth-order valence-electron chi connectivity index (χ4n) is 4.45. The van der Waals surface area contributed by atoms with E-state index in [-0.39, 0.29) is 13.2 Å². The van der Waals surface area contributed by atoms with Crippen LogP contribution < -0.4 is 14.2 Å². The van der Waals surface area contributed by atoms with E-state index in [4.69, 9.17) is 18.9 Å². The minimum absolute atomic E-state index is 0.165. The lowest BCUT2D eigenvalue weighted by Crippen LogP contribution is -2.48. The highest BCUT2D eigenvalue weighted by atomic mass is 16.5. The zero-order valence-corrected chi connectivity index (χ0v) is 21.7. The molecule has 0 amide bonds. The molecule has 0 radical (unpaired) electrons. The molecular weight excluding hydrogens is 458 g/mol. The number of rotatable bonds is 10. The van der Waals surface area contributed by atoms with Crippen LogP contribution in [-0.4, -0.2) is 71.8 Å². The second kappa shape index (κ2) is 11.8. The number of ether oxygens (including phenoxy) is 4. The summed E-state index contributed by atoms with van der Waals surface area (Å²) in [5.41, 5.74) is 3.37. The van der Waals surface area contributed by atoms with E-state index in [9.17, 15) is 5.11 Å². The highest BCUT2D eigenvalue weighted by Crippen LogP contribution is 2.29. The zero-order chi connectivity index (χ0) is 25.5. The molecule has 1 saturated heterocycles. The Morgan fingerprint density at radius 3 is 2.72 bits per heavy atom. The van der Waals surface area contributed by atoms with E-state index in [2.05, 4.69) is 29.8 Å². The third-order valence-electron chi connectivity index (χ3n) is 6.50. The van der Waals surface area contributed by atoms with Crippen molar-refractivity contribution in [1.82, 2.24) is 14.5 Å². The van der Waals surface area contributed by atoms with Gasteiger partial charge in [0.15, 0.2) is 11.5 Å². The van der Waals surface area contributed by atoms with Gasteiger partial charge in [0.25, 0.3) is 0 Å². The molecule has 0 unspecified atom stereocenters. The molecule has 1 aliphatic heterocycles. The van der Waals surface area contributed by atoms with Crippen molar-refractivity contribution in [1.29, 1.82) is 0 Å². The maximum atomic E-state index is 11.4. The number of hydrogen-bond acceptors (Lipinski definition) is 7. The van der Waals surface area contributed by atoms with Gasteiger partial charge >= 0.3 is 0 Å². The van der Waals surface area contributed by atoms with Gasteiger partial charge in [0.1, 0.15) is 24.6 Å².